The SMILES string of the molecule is O=S(=O)(c1ccc(OC(F)(F)F)cc1)N1CC(n2cc(COc3ccccc3)nn2)C1. The average Bonchev–Trinajstić information content (AvgIpc) is 3.13. The van der Waals surface area contributed by atoms with Crippen LogP contribution in [-0.4, -0.2) is 47.2 Å². The van der Waals surface area contributed by atoms with Gasteiger partial charge in [0.2, 0.25) is 10.0 Å². The maximum atomic E-state index is 12.7. The van der Waals surface area contributed by atoms with Crippen molar-refractivity contribution in [3.05, 3.63) is 66.5 Å². The Balaban J connectivity index is 1.33. The fourth-order valence-electron chi connectivity index (χ4n) is 2.97. The molecule has 164 valence electrons. The molecular formula is C19H17F3N4O4S. The zero-order valence-electron chi connectivity index (χ0n) is 15.9. The molecule has 4 rings (SSSR count). The molecule has 8 nitrogen and oxygen atoms in total. The molecule has 1 aliphatic heterocycles. The van der Waals surface area contributed by atoms with E-state index in [1.807, 2.05) is 30.3 Å². The number of alkyl halides is 3. The van der Waals surface area contributed by atoms with E-state index in [1.165, 1.54) is 4.31 Å². The van der Waals surface area contributed by atoms with Gasteiger partial charge in [-0.25, -0.2) is 13.1 Å². The highest BCUT2D eigenvalue weighted by Crippen LogP contribution is 2.30. The highest BCUT2D eigenvalue weighted by molar-refractivity contribution is 7.89. The molecule has 0 saturated carbocycles. The molecule has 1 fully saturated rings. The third kappa shape index (κ3) is 4.97. The number of halogens is 3. The maximum Gasteiger partial charge on any atom is 0.573 e. The van der Waals surface area contributed by atoms with Crippen LogP contribution in [0.2, 0.25) is 0 Å². The lowest BCUT2D eigenvalue weighted by molar-refractivity contribution is -0.274. The Labute approximate surface area is 175 Å². The molecule has 0 atom stereocenters. The van der Waals surface area contributed by atoms with Crippen molar-refractivity contribution in [2.24, 2.45) is 0 Å². The fourth-order valence-corrected chi connectivity index (χ4v) is 4.49. The minimum Gasteiger partial charge on any atom is -0.487 e. The van der Waals surface area contributed by atoms with Crippen LogP contribution in [0.1, 0.15) is 11.7 Å². The first kappa shape index (κ1) is 21.1. The van der Waals surface area contributed by atoms with Gasteiger partial charge >= 0.3 is 6.36 Å². The van der Waals surface area contributed by atoms with Crippen molar-refractivity contribution in [2.45, 2.75) is 23.9 Å². The van der Waals surface area contributed by atoms with E-state index in [0.29, 0.717) is 11.4 Å². The Morgan fingerprint density at radius 3 is 2.32 bits per heavy atom. The van der Waals surface area contributed by atoms with Gasteiger partial charge in [0.15, 0.2) is 0 Å². The predicted molar refractivity (Wildman–Crippen MR) is 102 cm³/mol. The number of benzene rings is 2. The summed E-state index contributed by atoms with van der Waals surface area (Å²) in [5.74, 6) is 0.213. The average molecular weight is 454 g/mol. The van der Waals surface area contributed by atoms with Crippen molar-refractivity contribution in [1.29, 1.82) is 0 Å². The summed E-state index contributed by atoms with van der Waals surface area (Å²) in [5, 5.41) is 8.06. The lowest BCUT2D eigenvalue weighted by atomic mass is 10.2. The standard InChI is InChI=1S/C19H17F3N4O4S/c20-19(21,22)30-17-6-8-18(9-7-17)31(27,28)25-11-15(12-25)26-10-14(23-24-26)13-29-16-4-2-1-3-5-16/h1-10,15H,11-13H2. The number of rotatable bonds is 7. The quantitative estimate of drug-likeness (QED) is 0.546. The molecule has 1 aromatic heterocycles. The third-order valence-corrected chi connectivity index (χ3v) is 6.43. The van der Waals surface area contributed by atoms with E-state index in [-0.39, 0.29) is 30.6 Å². The molecule has 0 aliphatic carbocycles. The van der Waals surface area contributed by atoms with Crippen LogP contribution < -0.4 is 9.47 Å². The first-order valence-electron chi connectivity index (χ1n) is 9.15. The van der Waals surface area contributed by atoms with E-state index in [2.05, 4.69) is 15.0 Å². The van der Waals surface area contributed by atoms with Gasteiger partial charge < -0.3 is 9.47 Å². The Morgan fingerprint density at radius 1 is 1.00 bits per heavy atom. The van der Waals surface area contributed by atoms with E-state index >= 15 is 0 Å². The second-order valence-electron chi connectivity index (χ2n) is 6.79. The van der Waals surface area contributed by atoms with Crippen molar-refractivity contribution in [3.8, 4) is 11.5 Å². The van der Waals surface area contributed by atoms with Gasteiger partial charge in [-0.15, -0.1) is 18.3 Å². The van der Waals surface area contributed by atoms with Gasteiger partial charge in [-0.3, -0.25) is 0 Å². The zero-order valence-corrected chi connectivity index (χ0v) is 16.8. The lowest BCUT2D eigenvalue weighted by Gasteiger charge is -2.37. The Morgan fingerprint density at radius 2 is 1.68 bits per heavy atom. The van der Waals surface area contributed by atoms with Gasteiger partial charge in [-0.1, -0.05) is 23.4 Å². The van der Waals surface area contributed by atoms with E-state index < -0.39 is 22.1 Å². The van der Waals surface area contributed by atoms with Crippen molar-refractivity contribution < 1.29 is 31.1 Å². The topological polar surface area (TPSA) is 86.6 Å². The number of nitrogens with zero attached hydrogens (tertiary/aromatic N) is 4. The lowest BCUT2D eigenvalue weighted by Crippen LogP contribution is -2.50. The van der Waals surface area contributed by atoms with Crippen LogP contribution in [0, 0.1) is 0 Å². The van der Waals surface area contributed by atoms with Crippen molar-refractivity contribution in [1.82, 2.24) is 19.3 Å². The number of para-hydroxylation sites is 1. The highest BCUT2D eigenvalue weighted by Gasteiger charge is 2.38. The number of hydrogen-bond donors (Lipinski definition) is 0. The summed E-state index contributed by atoms with van der Waals surface area (Å²) < 4.78 is 74.2. The van der Waals surface area contributed by atoms with Crippen LogP contribution in [0.3, 0.4) is 0 Å². The van der Waals surface area contributed by atoms with Crippen molar-refractivity contribution in [3.63, 3.8) is 0 Å². The van der Waals surface area contributed by atoms with Crippen molar-refractivity contribution >= 4 is 10.0 Å². The summed E-state index contributed by atoms with van der Waals surface area (Å²) in [7, 11) is -3.83. The molecule has 31 heavy (non-hydrogen) atoms. The van der Waals surface area contributed by atoms with Crippen molar-refractivity contribution in [2.75, 3.05) is 13.1 Å². The maximum absolute atomic E-state index is 12.7. The Kier molecular flexibility index (Phi) is 5.58. The first-order valence-corrected chi connectivity index (χ1v) is 10.6. The molecule has 0 unspecified atom stereocenters. The fraction of sp³-hybridized carbons (Fsp3) is 0.263. The molecule has 2 aromatic carbocycles. The summed E-state index contributed by atoms with van der Waals surface area (Å²) in [5.41, 5.74) is 0.602. The number of sulfonamides is 1. The first-order chi connectivity index (χ1) is 14.7. The van der Waals surface area contributed by atoms with Crippen LogP contribution in [0.15, 0.2) is 65.7 Å². The minimum absolute atomic E-state index is 0.115. The van der Waals surface area contributed by atoms with E-state index in [4.69, 9.17) is 4.74 Å². The summed E-state index contributed by atoms with van der Waals surface area (Å²) in [6.07, 6.45) is -3.14. The Bertz CT molecular complexity index is 1130. The summed E-state index contributed by atoms with van der Waals surface area (Å²) in [6.45, 7) is 0.571. The highest BCUT2D eigenvalue weighted by atomic mass is 32.2. The van der Waals surface area contributed by atoms with Gasteiger partial charge in [0.25, 0.3) is 0 Å². The van der Waals surface area contributed by atoms with Crippen LogP contribution in [0.25, 0.3) is 0 Å². The van der Waals surface area contributed by atoms with Gasteiger partial charge in [-0.05, 0) is 36.4 Å². The van der Waals surface area contributed by atoms with Gasteiger partial charge in [-0.2, -0.15) is 4.31 Å². The normalized spacial score (nSPS) is 15.5. The molecule has 1 saturated heterocycles. The third-order valence-electron chi connectivity index (χ3n) is 4.59. The number of aromatic nitrogens is 3. The molecule has 3 aromatic rings. The van der Waals surface area contributed by atoms with Gasteiger partial charge in [0.1, 0.15) is 23.8 Å². The summed E-state index contributed by atoms with van der Waals surface area (Å²) >= 11 is 0. The number of hydrogen-bond acceptors (Lipinski definition) is 6. The monoisotopic (exact) mass is 454 g/mol. The van der Waals surface area contributed by atoms with E-state index in [0.717, 1.165) is 24.3 Å². The van der Waals surface area contributed by atoms with Crippen LogP contribution in [0.5, 0.6) is 11.5 Å². The molecule has 0 bridgehead atoms. The van der Waals surface area contributed by atoms with E-state index in [1.54, 1.807) is 10.9 Å². The largest absolute Gasteiger partial charge is 0.573 e. The summed E-state index contributed by atoms with van der Waals surface area (Å²) in [6, 6.07) is 13.1. The van der Waals surface area contributed by atoms with Crippen LogP contribution in [0.4, 0.5) is 13.2 Å². The predicted octanol–water partition coefficient (Wildman–Crippen LogP) is 3.00. The van der Waals surface area contributed by atoms with Crippen LogP contribution >= 0.6 is 0 Å². The van der Waals surface area contributed by atoms with Gasteiger partial charge in [0, 0.05) is 13.1 Å². The number of ether oxygens (including phenoxy) is 2. The molecule has 12 heteroatoms. The van der Waals surface area contributed by atoms with Crippen LogP contribution in [-0.2, 0) is 16.6 Å². The molecule has 0 radical (unpaired) electrons. The second kappa shape index (κ2) is 8.19. The van der Waals surface area contributed by atoms with Gasteiger partial charge in [0.05, 0.1) is 17.1 Å². The summed E-state index contributed by atoms with van der Waals surface area (Å²) in [4.78, 5) is -0.115. The second-order valence-corrected chi connectivity index (χ2v) is 8.72. The molecule has 2 heterocycles. The molecule has 1 aliphatic rings. The van der Waals surface area contributed by atoms with E-state index in [9.17, 15) is 21.6 Å². The minimum atomic E-state index is -4.84. The zero-order chi connectivity index (χ0) is 22.1. The molecular weight excluding hydrogens is 437 g/mol. The molecule has 0 amide bonds. The molecule has 0 spiro atoms. The smallest absolute Gasteiger partial charge is 0.487 e. The molecule has 0 N–H and O–H groups in total. The Hall–Kier alpha value is -3.12.